The van der Waals surface area contributed by atoms with E-state index in [1.807, 2.05) is 58.3 Å². The van der Waals surface area contributed by atoms with E-state index in [0.29, 0.717) is 37.5 Å². The first-order valence-corrected chi connectivity index (χ1v) is 11.2. The molecule has 5 nitrogen and oxygen atoms in total. The molecule has 0 atom stereocenters. The average Bonchev–Trinajstić information content (AvgIpc) is 3.16. The number of benzene rings is 2. The Morgan fingerprint density at radius 3 is 2.36 bits per heavy atom. The summed E-state index contributed by atoms with van der Waals surface area (Å²) in [7, 11) is 0. The predicted molar refractivity (Wildman–Crippen MR) is 115 cm³/mol. The minimum Gasteiger partial charge on any atom is -0.338 e. The number of hydrogen-bond donors (Lipinski definition) is 0. The molecule has 1 aliphatic rings. The Balaban J connectivity index is 1.23. The molecule has 0 spiro atoms. The number of thioether (sulfide) groups is 1. The minimum absolute atomic E-state index is 0.0397. The smallest absolute Gasteiger partial charge is 0.253 e. The first-order valence-electron chi connectivity index (χ1n) is 9.25. The first-order chi connectivity index (χ1) is 13.7. The van der Waals surface area contributed by atoms with Crippen molar-refractivity contribution in [3.63, 3.8) is 0 Å². The molecule has 2 amide bonds. The van der Waals surface area contributed by atoms with E-state index in [2.05, 4.69) is 11.1 Å². The van der Waals surface area contributed by atoms with Gasteiger partial charge in [-0.3, -0.25) is 9.59 Å². The molecule has 1 fully saturated rings. The Bertz CT molecular complexity index is 933. The lowest BCUT2D eigenvalue weighted by atomic mass is 10.2. The van der Waals surface area contributed by atoms with Crippen LogP contribution < -0.4 is 0 Å². The van der Waals surface area contributed by atoms with Crippen LogP contribution in [0.4, 0.5) is 0 Å². The number of amides is 2. The van der Waals surface area contributed by atoms with Gasteiger partial charge in [0.1, 0.15) is 5.01 Å². The molecule has 144 valence electrons. The maximum absolute atomic E-state index is 12.5. The van der Waals surface area contributed by atoms with Gasteiger partial charge in [0, 0.05) is 37.5 Å². The second-order valence-electron chi connectivity index (χ2n) is 6.61. The number of carbonyl (C=O) groups excluding carboxylic acids is 2. The van der Waals surface area contributed by atoms with Gasteiger partial charge in [-0.2, -0.15) is 0 Å². The molecule has 0 N–H and O–H groups in total. The molecular formula is C21H21N3O2S2. The third-order valence-electron chi connectivity index (χ3n) is 4.73. The third-order valence-corrected chi connectivity index (χ3v) is 6.88. The number of hydrogen-bond acceptors (Lipinski definition) is 5. The monoisotopic (exact) mass is 411 g/mol. The van der Waals surface area contributed by atoms with Gasteiger partial charge in [-0.05, 0) is 24.3 Å². The molecule has 0 unspecified atom stereocenters. The number of aromatic nitrogens is 1. The number of thiazole rings is 1. The van der Waals surface area contributed by atoms with Crippen molar-refractivity contribution >= 4 is 45.1 Å². The van der Waals surface area contributed by atoms with E-state index < -0.39 is 0 Å². The van der Waals surface area contributed by atoms with Crippen molar-refractivity contribution < 1.29 is 9.59 Å². The molecule has 0 radical (unpaired) electrons. The summed E-state index contributed by atoms with van der Waals surface area (Å²) in [6.45, 7) is 2.36. The van der Waals surface area contributed by atoms with Gasteiger partial charge in [0.05, 0.1) is 16.0 Å². The van der Waals surface area contributed by atoms with Crippen LogP contribution in [-0.2, 0) is 10.5 Å². The lowest BCUT2D eigenvalue weighted by molar-refractivity contribution is -0.129. The maximum Gasteiger partial charge on any atom is 0.253 e. The van der Waals surface area contributed by atoms with Gasteiger partial charge in [0.25, 0.3) is 5.91 Å². The van der Waals surface area contributed by atoms with Gasteiger partial charge in [-0.25, -0.2) is 4.98 Å². The molecular weight excluding hydrogens is 390 g/mol. The minimum atomic E-state index is 0.0397. The van der Waals surface area contributed by atoms with Crippen LogP contribution >= 0.6 is 23.1 Å². The predicted octanol–water partition coefficient (Wildman–Crippen LogP) is 3.51. The molecule has 1 saturated heterocycles. The molecule has 0 saturated carbocycles. The fourth-order valence-corrected chi connectivity index (χ4v) is 5.17. The van der Waals surface area contributed by atoms with Crippen LogP contribution in [0.2, 0.25) is 0 Å². The van der Waals surface area contributed by atoms with Crippen LogP contribution in [0.5, 0.6) is 0 Å². The van der Waals surface area contributed by atoms with Gasteiger partial charge in [0.15, 0.2) is 0 Å². The van der Waals surface area contributed by atoms with Crippen molar-refractivity contribution in [1.82, 2.24) is 14.8 Å². The standard InChI is InChI=1S/C21H21N3O2S2/c25-20(15-27-14-19-22-17-8-4-5-9-18(17)28-19)23-10-12-24(13-11-23)21(26)16-6-2-1-3-7-16/h1-9H,10-15H2. The van der Waals surface area contributed by atoms with Crippen LogP contribution in [-0.4, -0.2) is 58.5 Å². The van der Waals surface area contributed by atoms with Crippen molar-refractivity contribution in [2.45, 2.75) is 5.75 Å². The first kappa shape index (κ1) is 19.0. The highest BCUT2D eigenvalue weighted by Gasteiger charge is 2.24. The summed E-state index contributed by atoms with van der Waals surface area (Å²) in [5.74, 6) is 1.37. The lowest BCUT2D eigenvalue weighted by Crippen LogP contribution is -2.51. The van der Waals surface area contributed by atoms with Crippen LogP contribution in [0.3, 0.4) is 0 Å². The van der Waals surface area contributed by atoms with Gasteiger partial charge in [-0.15, -0.1) is 23.1 Å². The highest BCUT2D eigenvalue weighted by Crippen LogP contribution is 2.25. The Morgan fingerprint density at radius 1 is 0.929 bits per heavy atom. The zero-order valence-corrected chi connectivity index (χ0v) is 17.0. The van der Waals surface area contributed by atoms with Crippen molar-refractivity contribution in [3.8, 4) is 0 Å². The highest BCUT2D eigenvalue weighted by molar-refractivity contribution is 7.99. The Hall–Kier alpha value is -2.38. The number of para-hydroxylation sites is 1. The van der Waals surface area contributed by atoms with Crippen LogP contribution in [0.15, 0.2) is 54.6 Å². The molecule has 0 aliphatic carbocycles. The Morgan fingerprint density at radius 2 is 1.61 bits per heavy atom. The van der Waals surface area contributed by atoms with Crippen LogP contribution in [0, 0.1) is 0 Å². The summed E-state index contributed by atoms with van der Waals surface area (Å²) in [5, 5.41) is 1.05. The average molecular weight is 412 g/mol. The Labute approximate surface area is 172 Å². The fraction of sp³-hybridized carbons (Fsp3) is 0.286. The van der Waals surface area contributed by atoms with E-state index in [4.69, 9.17) is 0 Å². The van der Waals surface area contributed by atoms with Gasteiger partial charge in [0.2, 0.25) is 5.91 Å². The summed E-state index contributed by atoms with van der Waals surface area (Å²) in [5.41, 5.74) is 1.72. The Kier molecular flexibility index (Phi) is 5.92. The highest BCUT2D eigenvalue weighted by atomic mass is 32.2. The summed E-state index contributed by atoms with van der Waals surface area (Å²) in [6.07, 6.45) is 0. The molecule has 7 heteroatoms. The molecule has 2 heterocycles. The number of rotatable bonds is 5. The third kappa shape index (κ3) is 4.36. The van der Waals surface area contributed by atoms with Crippen molar-refractivity contribution in [1.29, 1.82) is 0 Å². The second-order valence-corrected chi connectivity index (χ2v) is 8.71. The van der Waals surface area contributed by atoms with Gasteiger partial charge in [-0.1, -0.05) is 30.3 Å². The van der Waals surface area contributed by atoms with E-state index in [1.54, 1.807) is 23.1 Å². The summed E-state index contributed by atoms with van der Waals surface area (Å²) < 4.78 is 1.18. The maximum atomic E-state index is 12.5. The number of fused-ring (bicyclic) bond motifs is 1. The van der Waals surface area contributed by atoms with E-state index >= 15 is 0 Å². The molecule has 0 bridgehead atoms. The quantitative estimate of drug-likeness (QED) is 0.645. The van der Waals surface area contributed by atoms with Crippen molar-refractivity contribution in [3.05, 3.63) is 65.2 Å². The molecule has 28 heavy (non-hydrogen) atoms. The van der Waals surface area contributed by atoms with Gasteiger partial charge < -0.3 is 9.80 Å². The fourth-order valence-electron chi connectivity index (χ4n) is 3.22. The molecule has 2 aromatic carbocycles. The molecule has 1 aromatic heterocycles. The molecule has 1 aliphatic heterocycles. The summed E-state index contributed by atoms with van der Waals surface area (Å²) in [4.78, 5) is 33.3. The molecule has 3 aromatic rings. The van der Waals surface area contributed by atoms with E-state index in [-0.39, 0.29) is 11.8 Å². The van der Waals surface area contributed by atoms with Crippen molar-refractivity contribution in [2.75, 3.05) is 31.9 Å². The second kappa shape index (κ2) is 8.75. The van der Waals surface area contributed by atoms with E-state index in [0.717, 1.165) is 16.3 Å². The van der Waals surface area contributed by atoms with Crippen LogP contribution in [0.1, 0.15) is 15.4 Å². The lowest BCUT2D eigenvalue weighted by Gasteiger charge is -2.34. The van der Waals surface area contributed by atoms with E-state index in [1.165, 1.54) is 4.70 Å². The zero-order chi connectivity index (χ0) is 19.3. The largest absolute Gasteiger partial charge is 0.338 e. The number of nitrogens with zero attached hydrogens (tertiary/aromatic N) is 3. The van der Waals surface area contributed by atoms with Crippen molar-refractivity contribution in [2.24, 2.45) is 0 Å². The summed E-state index contributed by atoms with van der Waals surface area (Å²) >= 11 is 3.29. The SMILES string of the molecule is O=C(CSCc1nc2ccccc2s1)N1CCN(C(=O)c2ccccc2)CC1. The topological polar surface area (TPSA) is 53.5 Å². The normalized spacial score (nSPS) is 14.4. The number of carbonyl (C=O) groups is 2. The summed E-state index contributed by atoms with van der Waals surface area (Å²) in [6, 6.07) is 17.4. The zero-order valence-electron chi connectivity index (χ0n) is 15.4. The number of piperazine rings is 1. The molecule has 4 rings (SSSR count). The van der Waals surface area contributed by atoms with Crippen LogP contribution in [0.25, 0.3) is 10.2 Å². The van der Waals surface area contributed by atoms with Gasteiger partial charge >= 0.3 is 0 Å². The van der Waals surface area contributed by atoms with E-state index in [9.17, 15) is 9.59 Å².